The number of hydrogen-bond donors (Lipinski definition) is 0. The Bertz CT molecular complexity index is 979. The molecule has 4 radical (unpaired) electrons. The summed E-state index contributed by atoms with van der Waals surface area (Å²) in [5.74, 6) is -1.31. The van der Waals surface area contributed by atoms with Gasteiger partial charge in [0, 0.05) is 0 Å². The molecule has 10 heteroatoms. The van der Waals surface area contributed by atoms with Gasteiger partial charge in [-0.1, -0.05) is 0 Å². The Kier molecular flexibility index (Phi) is 6.49. The Morgan fingerprint density at radius 1 is 0.533 bits per heavy atom. The molecule has 30 heavy (non-hydrogen) atoms. The molecule has 2 nitrogen and oxygen atoms in total. The molecule has 0 saturated carbocycles. The van der Waals surface area contributed by atoms with E-state index in [1.54, 1.807) is 0 Å². The van der Waals surface area contributed by atoms with E-state index in [1.165, 1.54) is 36.4 Å². The number of ether oxygens (including phenoxy) is 2. The molecule has 0 unspecified atom stereocenters. The van der Waals surface area contributed by atoms with E-state index in [4.69, 9.17) is 9.47 Å². The van der Waals surface area contributed by atoms with Crippen molar-refractivity contribution in [1.29, 1.82) is 0 Å². The summed E-state index contributed by atoms with van der Waals surface area (Å²) in [6.07, 6.45) is -9.36. The molecule has 154 valence electrons. The molecule has 0 aliphatic carbocycles. The summed E-state index contributed by atoms with van der Waals surface area (Å²) in [4.78, 5) is 0. The topological polar surface area (TPSA) is 18.5 Å². The second kappa shape index (κ2) is 8.60. The first-order chi connectivity index (χ1) is 13.9. The van der Waals surface area contributed by atoms with Crippen molar-refractivity contribution in [2.24, 2.45) is 0 Å². The Hall–Kier alpha value is -2.04. The third kappa shape index (κ3) is 5.35. The maximum absolute atomic E-state index is 13.4. The standard InChI is InChI=1S/C20H10As2F6O2/c21-11-5-7-15(13(9-11)19(23,24)25)29-17-3-1-2-4-18(17)30-16-8-6-12(22)10-14(16)20(26,27)28/h1-10H. The summed E-state index contributed by atoms with van der Waals surface area (Å²) in [6.45, 7) is 0. The average molecular weight is 546 g/mol. The minimum absolute atomic E-state index is 0.161. The second-order valence-electron chi connectivity index (χ2n) is 6.01. The number of para-hydroxylation sites is 2. The minimum atomic E-state index is -4.68. The molecule has 0 bridgehead atoms. The van der Waals surface area contributed by atoms with Gasteiger partial charge in [-0.05, 0) is 0 Å². The van der Waals surface area contributed by atoms with E-state index in [2.05, 4.69) is 0 Å². The van der Waals surface area contributed by atoms with Gasteiger partial charge in [-0.2, -0.15) is 0 Å². The van der Waals surface area contributed by atoms with E-state index >= 15 is 0 Å². The van der Waals surface area contributed by atoms with Crippen LogP contribution in [0.25, 0.3) is 0 Å². The first-order valence-corrected chi connectivity index (χ1v) is 10.1. The van der Waals surface area contributed by atoms with Gasteiger partial charge in [0.2, 0.25) is 0 Å². The van der Waals surface area contributed by atoms with E-state index in [0.29, 0.717) is 8.70 Å². The quantitative estimate of drug-likeness (QED) is 0.343. The van der Waals surface area contributed by atoms with E-state index in [9.17, 15) is 26.3 Å². The monoisotopic (exact) mass is 546 g/mol. The molecule has 0 amide bonds. The van der Waals surface area contributed by atoms with Crippen molar-refractivity contribution in [3.8, 4) is 23.0 Å². The molecule has 0 heterocycles. The molecule has 0 aliphatic heterocycles. The zero-order valence-corrected chi connectivity index (χ0v) is 18.5. The van der Waals surface area contributed by atoms with Gasteiger partial charge in [0.15, 0.2) is 0 Å². The molecular formula is C20H10As2F6O2. The van der Waals surface area contributed by atoms with Crippen LogP contribution in [0.1, 0.15) is 11.1 Å². The number of hydrogen-bond acceptors (Lipinski definition) is 2. The summed E-state index contributed by atoms with van der Waals surface area (Å²) < 4.78 is 91.6. The molecule has 3 aromatic rings. The third-order valence-electron chi connectivity index (χ3n) is 3.83. The molecular weight excluding hydrogens is 536 g/mol. The van der Waals surface area contributed by atoms with Crippen LogP contribution in [0.3, 0.4) is 0 Å². The van der Waals surface area contributed by atoms with Crippen molar-refractivity contribution >= 4 is 42.4 Å². The number of halogens is 6. The van der Waals surface area contributed by atoms with Gasteiger partial charge in [0.05, 0.1) is 0 Å². The number of rotatable bonds is 4. The van der Waals surface area contributed by atoms with Crippen LogP contribution in [-0.2, 0) is 12.4 Å². The predicted molar refractivity (Wildman–Crippen MR) is 100 cm³/mol. The van der Waals surface area contributed by atoms with Gasteiger partial charge in [-0.3, -0.25) is 0 Å². The van der Waals surface area contributed by atoms with Crippen LogP contribution in [-0.4, -0.2) is 33.7 Å². The van der Waals surface area contributed by atoms with Gasteiger partial charge in [0.1, 0.15) is 0 Å². The fourth-order valence-electron chi connectivity index (χ4n) is 2.51. The molecule has 0 atom stereocenters. The molecule has 0 fully saturated rings. The zero-order valence-electron chi connectivity index (χ0n) is 14.8. The summed E-state index contributed by atoms with van der Waals surface area (Å²) in [5.41, 5.74) is -2.03. The van der Waals surface area contributed by atoms with Crippen molar-refractivity contribution in [1.82, 2.24) is 0 Å². The van der Waals surface area contributed by atoms with Gasteiger partial charge >= 0.3 is 185 Å². The van der Waals surface area contributed by atoms with Crippen LogP contribution in [0.5, 0.6) is 23.0 Å². The zero-order chi connectivity index (χ0) is 22.1. The van der Waals surface area contributed by atoms with E-state index in [0.717, 1.165) is 24.3 Å². The Morgan fingerprint density at radius 3 is 1.23 bits per heavy atom. The van der Waals surface area contributed by atoms with Gasteiger partial charge in [-0.15, -0.1) is 0 Å². The van der Waals surface area contributed by atoms with Crippen LogP contribution in [0.2, 0.25) is 0 Å². The predicted octanol–water partition coefficient (Wildman–Crippen LogP) is 4.90. The SMILES string of the molecule is FC(F)(F)c1cc([As])ccc1Oc1ccccc1Oc1ccc([As])cc1C(F)(F)F. The van der Waals surface area contributed by atoms with Gasteiger partial charge < -0.3 is 0 Å². The van der Waals surface area contributed by atoms with Crippen LogP contribution < -0.4 is 18.2 Å². The molecule has 0 saturated heterocycles. The van der Waals surface area contributed by atoms with Crippen LogP contribution in [0, 0.1) is 0 Å². The fraction of sp³-hybridized carbons (Fsp3) is 0.100. The summed E-state index contributed by atoms with van der Waals surface area (Å²) in [7, 11) is 0. The van der Waals surface area contributed by atoms with Crippen molar-refractivity contribution in [2.75, 3.05) is 0 Å². The van der Waals surface area contributed by atoms with Gasteiger partial charge in [0.25, 0.3) is 0 Å². The molecule has 3 aromatic carbocycles. The first kappa shape index (κ1) is 22.6. The van der Waals surface area contributed by atoms with Crippen molar-refractivity contribution in [3.63, 3.8) is 0 Å². The van der Waals surface area contributed by atoms with Crippen LogP contribution in [0.15, 0.2) is 60.7 Å². The van der Waals surface area contributed by atoms with Crippen LogP contribution in [0.4, 0.5) is 26.3 Å². The maximum atomic E-state index is 13.4. The number of alkyl halides is 6. The Labute approximate surface area is 185 Å². The first-order valence-electron chi connectivity index (χ1n) is 8.20. The Balaban J connectivity index is 2.01. The van der Waals surface area contributed by atoms with E-state index < -0.39 is 35.0 Å². The molecule has 0 spiro atoms. The summed E-state index contributed by atoms with van der Waals surface area (Å²) in [5, 5.41) is 0. The summed E-state index contributed by atoms with van der Waals surface area (Å²) >= 11 is 3.99. The van der Waals surface area contributed by atoms with Crippen molar-refractivity contribution in [2.45, 2.75) is 12.4 Å². The molecule has 0 aliphatic rings. The van der Waals surface area contributed by atoms with Gasteiger partial charge in [-0.25, -0.2) is 0 Å². The second-order valence-corrected chi connectivity index (χ2v) is 8.17. The van der Waals surface area contributed by atoms with Crippen molar-refractivity contribution < 1.29 is 35.8 Å². The van der Waals surface area contributed by atoms with Crippen molar-refractivity contribution in [3.05, 3.63) is 71.8 Å². The Morgan fingerprint density at radius 2 is 0.900 bits per heavy atom. The fourth-order valence-corrected chi connectivity index (χ4v) is 3.37. The normalized spacial score (nSPS) is 12.0. The van der Waals surface area contributed by atoms with E-state index in [-0.39, 0.29) is 11.5 Å². The van der Waals surface area contributed by atoms with E-state index in [1.807, 2.05) is 33.7 Å². The van der Waals surface area contributed by atoms with Crippen LogP contribution >= 0.6 is 0 Å². The number of benzene rings is 3. The third-order valence-corrected chi connectivity index (χ3v) is 4.99. The molecule has 0 aromatic heterocycles. The average Bonchev–Trinajstić information content (AvgIpc) is 2.64. The summed E-state index contributed by atoms with van der Waals surface area (Å²) in [6, 6.07) is 12.5. The molecule has 3 rings (SSSR count). The molecule has 0 N–H and O–H groups in total.